The van der Waals surface area contributed by atoms with E-state index in [9.17, 15) is 0 Å². The van der Waals surface area contributed by atoms with Crippen molar-refractivity contribution in [3.05, 3.63) is 0 Å². The number of aliphatic hydroxyl groups is 3. The van der Waals surface area contributed by atoms with E-state index >= 15 is 0 Å². The Morgan fingerprint density at radius 2 is 2.10 bits per heavy atom. The monoisotopic (exact) mass is 147 g/mol. The third kappa shape index (κ3) is 1.29. The molecule has 0 radical (unpaired) electrons. The maximum absolute atomic E-state index is 9.16. The first-order chi connectivity index (χ1) is 4.63. The highest BCUT2D eigenvalue weighted by Gasteiger charge is 2.35. The van der Waals surface area contributed by atoms with E-state index in [1.165, 1.54) is 0 Å². The molecule has 0 aliphatic carbocycles. The van der Waals surface area contributed by atoms with Gasteiger partial charge in [-0.2, -0.15) is 0 Å². The second-order valence-corrected chi connectivity index (χ2v) is 2.73. The van der Waals surface area contributed by atoms with Gasteiger partial charge in [0.15, 0.2) is 0 Å². The van der Waals surface area contributed by atoms with Crippen LogP contribution in [0.15, 0.2) is 0 Å². The van der Waals surface area contributed by atoms with Crippen molar-refractivity contribution in [3.63, 3.8) is 0 Å². The summed E-state index contributed by atoms with van der Waals surface area (Å²) in [5.41, 5.74) is 0. The van der Waals surface area contributed by atoms with Crippen molar-refractivity contribution in [1.82, 2.24) is 5.32 Å². The first-order valence-corrected chi connectivity index (χ1v) is 3.40. The van der Waals surface area contributed by atoms with Crippen molar-refractivity contribution in [2.45, 2.75) is 31.3 Å². The SMILES string of the molecule is CC(O)[C@@H]1NC[C@H](O)[C@H]1O. The minimum atomic E-state index is -0.833. The van der Waals surface area contributed by atoms with E-state index < -0.39 is 18.3 Å². The zero-order valence-electron chi connectivity index (χ0n) is 5.86. The van der Waals surface area contributed by atoms with Gasteiger partial charge in [0, 0.05) is 6.54 Å². The number of hydrogen-bond acceptors (Lipinski definition) is 4. The Kier molecular flexibility index (Phi) is 2.25. The first-order valence-electron chi connectivity index (χ1n) is 3.40. The third-order valence-corrected chi connectivity index (χ3v) is 1.84. The largest absolute Gasteiger partial charge is 0.392 e. The normalized spacial score (nSPS) is 43.8. The number of rotatable bonds is 1. The zero-order chi connectivity index (χ0) is 7.72. The van der Waals surface area contributed by atoms with Crippen molar-refractivity contribution < 1.29 is 15.3 Å². The van der Waals surface area contributed by atoms with Crippen LogP contribution in [-0.2, 0) is 0 Å². The van der Waals surface area contributed by atoms with Crippen LogP contribution in [0.2, 0.25) is 0 Å². The maximum Gasteiger partial charge on any atom is 0.0989 e. The number of nitrogens with one attached hydrogen (secondary N) is 1. The third-order valence-electron chi connectivity index (χ3n) is 1.84. The van der Waals surface area contributed by atoms with Gasteiger partial charge in [0.05, 0.1) is 24.4 Å². The molecule has 1 unspecified atom stereocenters. The van der Waals surface area contributed by atoms with Gasteiger partial charge in [0.2, 0.25) is 0 Å². The Balaban J connectivity index is 2.49. The molecule has 0 aromatic rings. The molecule has 4 N–H and O–H groups in total. The Hall–Kier alpha value is -0.160. The highest BCUT2D eigenvalue weighted by molar-refractivity contribution is 4.92. The number of β-amino-alcohol motifs (C(OH)–C–C–N with tert-alkyl or cyclic N) is 1. The number of hydrogen-bond donors (Lipinski definition) is 4. The van der Waals surface area contributed by atoms with Gasteiger partial charge in [0.1, 0.15) is 0 Å². The van der Waals surface area contributed by atoms with Gasteiger partial charge in [-0.15, -0.1) is 0 Å². The molecule has 1 heterocycles. The summed E-state index contributed by atoms with van der Waals surface area (Å²) in [5.74, 6) is 0. The van der Waals surface area contributed by atoms with E-state index in [0.717, 1.165) is 0 Å². The highest BCUT2D eigenvalue weighted by atomic mass is 16.3. The predicted octanol–water partition coefficient (Wildman–Crippen LogP) is -1.94. The molecule has 0 bridgehead atoms. The molecule has 60 valence electrons. The summed E-state index contributed by atoms with van der Waals surface area (Å²) < 4.78 is 0. The fourth-order valence-corrected chi connectivity index (χ4v) is 1.19. The molecule has 1 fully saturated rings. The van der Waals surface area contributed by atoms with Crippen LogP contribution in [0.3, 0.4) is 0 Å². The van der Waals surface area contributed by atoms with Crippen LogP contribution in [0, 0.1) is 0 Å². The van der Waals surface area contributed by atoms with E-state index in [0.29, 0.717) is 6.54 Å². The van der Waals surface area contributed by atoms with E-state index in [1.807, 2.05) is 0 Å². The van der Waals surface area contributed by atoms with E-state index in [2.05, 4.69) is 5.32 Å². The topological polar surface area (TPSA) is 72.7 Å². The molecule has 0 aromatic carbocycles. The summed E-state index contributed by atoms with van der Waals surface area (Å²) in [6.45, 7) is 1.94. The molecular formula is C6H13NO3. The smallest absolute Gasteiger partial charge is 0.0989 e. The fourth-order valence-electron chi connectivity index (χ4n) is 1.19. The predicted molar refractivity (Wildman–Crippen MR) is 35.5 cm³/mol. The van der Waals surface area contributed by atoms with Crippen molar-refractivity contribution in [2.75, 3.05) is 6.54 Å². The van der Waals surface area contributed by atoms with Gasteiger partial charge in [-0.1, -0.05) is 0 Å². The average Bonchev–Trinajstić information content (AvgIpc) is 2.14. The Morgan fingerprint density at radius 3 is 2.30 bits per heavy atom. The molecule has 4 atom stereocenters. The molecular weight excluding hydrogens is 134 g/mol. The van der Waals surface area contributed by atoms with Crippen LogP contribution >= 0.6 is 0 Å². The zero-order valence-corrected chi connectivity index (χ0v) is 5.86. The first kappa shape index (κ1) is 7.94. The molecule has 0 amide bonds. The highest BCUT2D eigenvalue weighted by Crippen LogP contribution is 2.10. The van der Waals surface area contributed by atoms with Gasteiger partial charge in [-0.05, 0) is 6.92 Å². The summed E-state index contributed by atoms with van der Waals surface area (Å²) in [6, 6.07) is -0.380. The van der Waals surface area contributed by atoms with Gasteiger partial charge < -0.3 is 20.6 Å². The van der Waals surface area contributed by atoms with Crippen LogP contribution in [0.1, 0.15) is 6.92 Å². The minimum Gasteiger partial charge on any atom is -0.392 e. The van der Waals surface area contributed by atoms with Crippen molar-refractivity contribution >= 4 is 0 Å². The summed E-state index contributed by atoms with van der Waals surface area (Å²) in [7, 11) is 0. The molecule has 0 aromatic heterocycles. The molecule has 4 nitrogen and oxygen atoms in total. The Bertz CT molecular complexity index is 118. The van der Waals surface area contributed by atoms with E-state index in [1.54, 1.807) is 6.92 Å². The molecule has 0 saturated carbocycles. The van der Waals surface area contributed by atoms with Crippen LogP contribution < -0.4 is 5.32 Å². The fraction of sp³-hybridized carbons (Fsp3) is 1.00. The molecule has 10 heavy (non-hydrogen) atoms. The van der Waals surface area contributed by atoms with Gasteiger partial charge in [-0.25, -0.2) is 0 Å². The van der Waals surface area contributed by atoms with Crippen molar-refractivity contribution in [2.24, 2.45) is 0 Å². The molecule has 4 heteroatoms. The van der Waals surface area contributed by atoms with E-state index in [-0.39, 0.29) is 6.04 Å². The Morgan fingerprint density at radius 1 is 1.50 bits per heavy atom. The van der Waals surface area contributed by atoms with Crippen molar-refractivity contribution in [1.29, 1.82) is 0 Å². The lowest BCUT2D eigenvalue weighted by Crippen LogP contribution is -2.41. The summed E-state index contributed by atoms with van der Waals surface area (Å²) in [4.78, 5) is 0. The maximum atomic E-state index is 9.16. The second-order valence-electron chi connectivity index (χ2n) is 2.73. The minimum absolute atomic E-state index is 0.358. The van der Waals surface area contributed by atoms with Crippen molar-refractivity contribution in [3.8, 4) is 0 Å². The Labute approximate surface area is 59.5 Å². The molecule has 1 rings (SSSR count). The summed E-state index contributed by atoms with van der Waals surface area (Å²) in [6.07, 6.45) is -2.19. The van der Waals surface area contributed by atoms with Crippen LogP contribution in [0.4, 0.5) is 0 Å². The second kappa shape index (κ2) is 2.84. The number of aliphatic hydroxyl groups excluding tert-OH is 3. The van der Waals surface area contributed by atoms with Crippen LogP contribution in [-0.4, -0.2) is 46.2 Å². The molecule has 0 spiro atoms. The van der Waals surface area contributed by atoms with Gasteiger partial charge in [0.25, 0.3) is 0 Å². The lowest BCUT2D eigenvalue weighted by molar-refractivity contribution is 0.0114. The lowest BCUT2D eigenvalue weighted by atomic mass is 10.1. The lowest BCUT2D eigenvalue weighted by Gasteiger charge is -2.18. The molecule has 1 saturated heterocycles. The average molecular weight is 147 g/mol. The van der Waals surface area contributed by atoms with Gasteiger partial charge in [-0.3, -0.25) is 0 Å². The van der Waals surface area contributed by atoms with Gasteiger partial charge >= 0.3 is 0 Å². The van der Waals surface area contributed by atoms with Crippen LogP contribution in [0.5, 0.6) is 0 Å². The van der Waals surface area contributed by atoms with E-state index in [4.69, 9.17) is 15.3 Å². The quantitative estimate of drug-likeness (QED) is 0.348. The summed E-state index contributed by atoms with van der Waals surface area (Å²) >= 11 is 0. The standard InChI is InChI=1S/C6H13NO3/c1-3(8)5-6(10)4(9)2-7-5/h3-10H,2H2,1H3/t3?,4-,5-,6+/m0/s1. The molecule has 1 aliphatic heterocycles. The molecule has 1 aliphatic rings. The summed E-state index contributed by atoms with van der Waals surface area (Å²) in [5, 5.41) is 30.0. The van der Waals surface area contributed by atoms with Crippen LogP contribution in [0.25, 0.3) is 0 Å².